The molecular formula is C10H19N7O2P+. The molecule has 2 aliphatic heterocycles. The van der Waals surface area contributed by atoms with Gasteiger partial charge in [0.05, 0.1) is 18.2 Å². The average molecular weight is 300 g/mol. The van der Waals surface area contributed by atoms with E-state index in [1.54, 1.807) is 4.45 Å². The third-order valence-electron chi connectivity index (χ3n) is 4.03. The van der Waals surface area contributed by atoms with Gasteiger partial charge in [-0.2, -0.15) is 0 Å². The van der Waals surface area contributed by atoms with Crippen LogP contribution >= 0.6 is 7.87 Å². The molecule has 1 aromatic rings. The van der Waals surface area contributed by atoms with E-state index in [1.807, 2.05) is 0 Å². The zero-order valence-corrected chi connectivity index (χ0v) is 12.6. The van der Waals surface area contributed by atoms with Crippen LogP contribution in [0.5, 0.6) is 0 Å². The molecule has 0 aliphatic carbocycles. The highest BCUT2D eigenvalue weighted by Gasteiger charge is 2.63. The van der Waals surface area contributed by atoms with E-state index in [-0.39, 0.29) is 5.95 Å². The van der Waals surface area contributed by atoms with Crippen molar-refractivity contribution in [2.75, 3.05) is 40.3 Å². The van der Waals surface area contributed by atoms with Crippen LogP contribution in [-0.2, 0) is 0 Å². The van der Waals surface area contributed by atoms with Crippen LogP contribution in [0.3, 0.4) is 0 Å². The molecular weight excluding hydrogens is 281 g/mol. The van der Waals surface area contributed by atoms with Crippen LogP contribution in [0.2, 0.25) is 0 Å². The lowest BCUT2D eigenvalue weighted by Gasteiger charge is -2.34. The molecule has 20 heavy (non-hydrogen) atoms. The van der Waals surface area contributed by atoms with Crippen molar-refractivity contribution >= 4 is 13.8 Å². The van der Waals surface area contributed by atoms with Gasteiger partial charge in [0.2, 0.25) is 0 Å². The first-order valence-corrected chi connectivity index (χ1v) is 8.31. The molecule has 3 heterocycles. The van der Waals surface area contributed by atoms with Crippen molar-refractivity contribution in [2.45, 2.75) is 12.8 Å². The van der Waals surface area contributed by atoms with Crippen LogP contribution in [0.15, 0.2) is 6.33 Å². The van der Waals surface area contributed by atoms with E-state index in [4.69, 9.17) is 0 Å². The lowest BCUT2D eigenvalue weighted by Crippen LogP contribution is -2.38. The Hall–Kier alpha value is -1.15. The molecule has 3 rings (SSSR count). The molecule has 10 heteroatoms. The summed E-state index contributed by atoms with van der Waals surface area (Å²) < 4.78 is 8.75. The van der Waals surface area contributed by atoms with Gasteiger partial charge in [-0.05, 0) is 22.7 Å². The normalized spacial score (nSPS) is 24.5. The summed E-state index contributed by atoms with van der Waals surface area (Å²) in [4.78, 5) is 14.2. The third kappa shape index (κ3) is 1.85. The second-order valence-corrected chi connectivity index (χ2v) is 8.60. The highest BCUT2D eigenvalue weighted by atomic mass is 31.2. The van der Waals surface area contributed by atoms with Crippen molar-refractivity contribution in [1.29, 1.82) is 0 Å². The summed E-state index contributed by atoms with van der Waals surface area (Å²) in [7, 11) is 2.14. The molecule has 1 aromatic heterocycles. The summed E-state index contributed by atoms with van der Waals surface area (Å²) in [6, 6.07) is 0. The van der Waals surface area contributed by atoms with Gasteiger partial charge < -0.3 is 10.1 Å². The first kappa shape index (κ1) is 13.8. The summed E-state index contributed by atoms with van der Waals surface area (Å²) >= 11 is 0. The van der Waals surface area contributed by atoms with Gasteiger partial charge in [0.15, 0.2) is 0 Å². The number of nitrogens with zero attached hydrogens (tertiary/aromatic N) is 7. The number of rotatable bonds is 3. The van der Waals surface area contributed by atoms with Crippen molar-refractivity contribution in [3.8, 4) is 0 Å². The molecule has 0 atom stereocenters. The van der Waals surface area contributed by atoms with Gasteiger partial charge in [0.1, 0.15) is 0 Å². The van der Waals surface area contributed by atoms with E-state index in [0.29, 0.717) is 0 Å². The van der Waals surface area contributed by atoms with Crippen LogP contribution in [0.4, 0.5) is 5.95 Å². The predicted molar refractivity (Wildman–Crippen MR) is 75.1 cm³/mol. The third-order valence-corrected chi connectivity index (χ3v) is 8.17. The molecule has 9 nitrogen and oxygen atoms in total. The van der Waals surface area contributed by atoms with Gasteiger partial charge in [0.25, 0.3) is 6.33 Å². The molecule has 0 spiro atoms. The smallest absolute Gasteiger partial charge is 0.390 e. The van der Waals surface area contributed by atoms with Crippen molar-refractivity contribution in [3.63, 3.8) is 0 Å². The molecule has 0 radical (unpaired) electrons. The van der Waals surface area contributed by atoms with Gasteiger partial charge in [-0.15, -0.1) is 14.0 Å². The minimum atomic E-state index is -2.01. The Balaban J connectivity index is 2.06. The number of nitro groups is 1. The SMILES string of the molecule is CN1CCN(C)[P+]1(N1CCCC1)n1cnc([N+](=O)[O-])n1. The highest BCUT2D eigenvalue weighted by Crippen LogP contribution is 2.69. The van der Waals surface area contributed by atoms with E-state index in [1.165, 1.54) is 19.2 Å². The van der Waals surface area contributed by atoms with Crippen molar-refractivity contribution in [1.82, 2.24) is 28.5 Å². The molecule has 2 aliphatic rings. The quantitative estimate of drug-likeness (QED) is 0.461. The van der Waals surface area contributed by atoms with Crippen LogP contribution in [0, 0.1) is 10.1 Å². The largest absolute Gasteiger partial charge is 0.494 e. The fourth-order valence-corrected chi connectivity index (χ4v) is 7.32. The van der Waals surface area contributed by atoms with Gasteiger partial charge in [-0.25, -0.2) is 0 Å². The van der Waals surface area contributed by atoms with E-state index >= 15 is 0 Å². The topological polar surface area (TPSA) is 83.6 Å². The van der Waals surface area contributed by atoms with E-state index < -0.39 is 12.8 Å². The van der Waals surface area contributed by atoms with Crippen molar-refractivity contribution in [2.24, 2.45) is 0 Å². The Kier molecular flexibility index (Phi) is 3.45. The first-order valence-electron chi connectivity index (χ1n) is 6.71. The standard InChI is InChI=1S/C10H19N7O2P/c1-13-7-8-14(2)20(13,15-5-3-4-6-15)16-9-11-10(12-16)17(18)19/h9H,3-8H2,1-2H3/q+1. The van der Waals surface area contributed by atoms with E-state index in [9.17, 15) is 10.1 Å². The lowest BCUT2D eigenvalue weighted by molar-refractivity contribution is -0.394. The van der Waals surface area contributed by atoms with E-state index in [2.05, 4.69) is 38.2 Å². The summed E-state index contributed by atoms with van der Waals surface area (Å²) in [5.41, 5.74) is 0. The Morgan fingerprint density at radius 3 is 2.30 bits per heavy atom. The second kappa shape index (κ2) is 5.00. The first-order chi connectivity index (χ1) is 9.56. The Morgan fingerprint density at radius 1 is 1.20 bits per heavy atom. The molecule has 0 saturated carbocycles. The van der Waals surface area contributed by atoms with Gasteiger partial charge in [-0.1, -0.05) is 0 Å². The molecule has 0 aromatic carbocycles. The van der Waals surface area contributed by atoms with E-state index in [0.717, 1.165) is 26.2 Å². The fourth-order valence-electron chi connectivity index (χ4n) is 3.12. The number of likely N-dealkylation sites (N-methyl/N-ethyl adjacent to an activating group) is 2. The summed E-state index contributed by atoms with van der Waals surface area (Å²) in [6.07, 6.45) is 3.85. The predicted octanol–water partition coefficient (Wildman–Crippen LogP) is 0.685. The maximum atomic E-state index is 10.9. The molecule has 2 saturated heterocycles. The van der Waals surface area contributed by atoms with Crippen LogP contribution in [0.1, 0.15) is 12.8 Å². The molecule has 0 N–H and O–H groups in total. The minimum Gasteiger partial charge on any atom is -0.390 e. The lowest BCUT2D eigenvalue weighted by atomic mass is 10.4. The number of hydrogen-bond acceptors (Lipinski definition) is 7. The molecule has 110 valence electrons. The Labute approximate surface area is 117 Å². The Morgan fingerprint density at radius 2 is 1.80 bits per heavy atom. The number of hydrogen-bond donors (Lipinski definition) is 0. The van der Waals surface area contributed by atoms with Crippen LogP contribution < -0.4 is 0 Å². The minimum absolute atomic E-state index is 0.322. The maximum Gasteiger partial charge on any atom is 0.494 e. The average Bonchev–Trinajstić information content (AvgIpc) is 3.11. The second-order valence-electron chi connectivity index (χ2n) is 5.18. The van der Waals surface area contributed by atoms with Gasteiger partial charge in [-0.3, -0.25) is 0 Å². The molecule has 0 amide bonds. The summed E-state index contributed by atoms with van der Waals surface area (Å²) in [5, 5.41) is 15.0. The van der Waals surface area contributed by atoms with Crippen LogP contribution in [-0.4, -0.2) is 73.7 Å². The summed E-state index contributed by atoms with van der Waals surface area (Å²) in [6.45, 7) is 3.90. The monoisotopic (exact) mass is 300 g/mol. The van der Waals surface area contributed by atoms with Crippen LogP contribution in [0.25, 0.3) is 0 Å². The zero-order valence-electron chi connectivity index (χ0n) is 11.7. The highest BCUT2D eigenvalue weighted by molar-refractivity contribution is 7.67. The maximum absolute atomic E-state index is 10.9. The van der Waals surface area contributed by atoms with Gasteiger partial charge >= 0.3 is 13.8 Å². The fraction of sp³-hybridized carbons (Fsp3) is 0.800. The van der Waals surface area contributed by atoms with Crippen molar-refractivity contribution in [3.05, 3.63) is 16.4 Å². The molecule has 0 bridgehead atoms. The Bertz CT molecular complexity index is 505. The zero-order chi connectivity index (χ0) is 14.3. The van der Waals surface area contributed by atoms with Gasteiger partial charge in [0, 0.05) is 31.6 Å². The van der Waals surface area contributed by atoms with Crippen molar-refractivity contribution < 1.29 is 4.92 Å². The molecule has 2 fully saturated rings. The number of aromatic nitrogens is 3. The molecule has 0 unspecified atom stereocenters. The summed E-state index contributed by atoms with van der Waals surface area (Å²) in [5.74, 6) is -0.322.